The second-order valence-corrected chi connectivity index (χ2v) is 4.60. The largest absolute Gasteiger partial charge is 0.479 e. The third-order valence-electron chi connectivity index (χ3n) is 1.34. The smallest absolute Gasteiger partial charge is 0.333 e. The summed E-state index contributed by atoms with van der Waals surface area (Å²) in [5, 5.41) is 23.8. The highest BCUT2D eigenvalue weighted by molar-refractivity contribution is 7.91. The SMILES string of the molecule is CS(=O)(=O)[C@@H](CO)C(O)C(=O)O. The summed E-state index contributed by atoms with van der Waals surface area (Å²) in [7, 11) is -3.74. The van der Waals surface area contributed by atoms with Gasteiger partial charge in [0.05, 0.1) is 6.61 Å². The molecule has 0 fully saturated rings. The molecule has 6 nitrogen and oxygen atoms in total. The van der Waals surface area contributed by atoms with Gasteiger partial charge in [-0.3, -0.25) is 0 Å². The first kappa shape index (κ1) is 11.3. The Kier molecular flexibility index (Phi) is 3.62. The van der Waals surface area contributed by atoms with E-state index < -0.39 is 33.8 Å². The van der Waals surface area contributed by atoms with Crippen molar-refractivity contribution in [2.45, 2.75) is 11.4 Å². The van der Waals surface area contributed by atoms with Gasteiger partial charge in [0.25, 0.3) is 0 Å². The number of sulfone groups is 1. The Morgan fingerprint density at radius 1 is 1.50 bits per heavy atom. The van der Waals surface area contributed by atoms with Gasteiger partial charge in [-0.15, -0.1) is 0 Å². The molecule has 0 aromatic carbocycles. The molecule has 0 amide bonds. The zero-order chi connectivity index (χ0) is 9.94. The van der Waals surface area contributed by atoms with E-state index >= 15 is 0 Å². The highest BCUT2D eigenvalue weighted by Gasteiger charge is 2.33. The molecule has 0 radical (unpaired) electrons. The minimum Gasteiger partial charge on any atom is -0.479 e. The second-order valence-electron chi connectivity index (χ2n) is 2.33. The standard InChI is InChI=1S/C5H10O6S/c1-12(10,11)3(2-6)4(7)5(8)9/h3-4,6-7H,2H2,1H3,(H,8,9)/t3-,4?/m0/s1. The van der Waals surface area contributed by atoms with Crippen molar-refractivity contribution in [3.8, 4) is 0 Å². The average Bonchev–Trinajstić information content (AvgIpc) is 1.85. The normalized spacial score (nSPS) is 16.9. The minimum atomic E-state index is -3.74. The third-order valence-corrected chi connectivity index (χ3v) is 2.84. The molecule has 0 saturated carbocycles. The topological polar surface area (TPSA) is 112 Å². The van der Waals surface area contributed by atoms with Gasteiger partial charge in [-0.2, -0.15) is 0 Å². The summed E-state index contributed by atoms with van der Waals surface area (Å²) in [4.78, 5) is 10.1. The van der Waals surface area contributed by atoms with E-state index in [-0.39, 0.29) is 0 Å². The molecule has 0 rings (SSSR count). The van der Waals surface area contributed by atoms with E-state index in [1.807, 2.05) is 0 Å². The van der Waals surface area contributed by atoms with Crippen molar-refractivity contribution in [1.29, 1.82) is 0 Å². The van der Waals surface area contributed by atoms with Crippen LogP contribution in [0.15, 0.2) is 0 Å². The maximum absolute atomic E-state index is 10.7. The highest BCUT2D eigenvalue weighted by atomic mass is 32.2. The number of carboxylic acids is 1. The van der Waals surface area contributed by atoms with Crippen LogP contribution in [0.25, 0.3) is 0 Å². The van der Waals surface area contributed by atoms with E-state index in [2.05, 4.69) is 0 Å². The number of rotatable bonds is 4. The van der Waals surface area contributed by atoms with Crippen molar-refractivity contribution in [1.82, 2.24) is 0 Å². The first-order valence-corrected chi connectivity index (χ1v) is 4.96. The molecule has 0 spiro atoms. The number of hydrogen-bond donors (Lipinski definition) is 3. The predicted octanol–water partition coefficient (Wildman–Crippen LogP) is -2.16. The molecule has 0 bridgehead atoms. The van der Waals surface area contributed by atoms with Crippen molar-refractivity contribution in [3.05, 3.63) is 0 Å². The molecule has 3 N–H and O–H groups in total. The van der Waals surface area contributed by atoms with E-state index in [9.17, 15) is 13.2 Å². The zero-order valence-corrected chi connectivity index (χ0v) is 7.15. The summed E-state index contributed by atoms with van der Waals surface area (Å²) in [6, 6.07) is 0. The molecule has 0 aliphatic rings. The van der Waals surface area contributed by atoms with Crippen LogP contribution in [0.4, 0.5) is 0 Å². The molecular weight excluding hydrogens is 188 g/mol. The molecule has 12 heavy (non-hydrogen) atoms. The van der Waals surface area contributed by atoms with E-state index in [1.165, 1.54) is 0 Å². The number of aliphatic hydroxyl groups is 2. The Bertz CT molecular complexity index is 255. The number of aliphatic hydroxyl groups excluding tert-OH is 2. The Morgan fingerprint density at radius 3 is 2.00 bits per heavy atom. The van der Waals surface area contributed by atoms with Gasteiger partial charge in [-0.25, -0.2) is 13.2 Å². The quantitative estimate of drug-likeness (QED) is 0.474. The molecule has 0 aliphatic heterocycles. The van der Waals surface area contributed by atoms with Gasteiger partial charge in [-0.05, 0) is 0 Å². The molecular formula is C5H10O6S. The Hall–Kier alpha value is -0.660. The van der Waals surface area contributed by atoms with Crippen LogP contribution in [0.1, 0.15) is 0 Å². The van der Waals surface area contributed by atoms with Crippen molar-refractivity contribution in [3.63, 3.8) is 0 Å². The molecule has 0 saturated heterocycles. The molecule has 0 aromatic heterocycles. The fraction of sp³-hybridized carbons (Fsp3) is 0.800. The lowest BCUT2D eigenvalue weighted by Crippen LogP contribution is -2.41. The van der Waals surface area contributed by atoms with Crippen LogP contribution in [-0.2, 0) is 14.6 Å². The summed E-state index contributed by atoms with van der Waals surface area (Å²) < 4.78 is 21.5. The number of carbonyl (C=O) groups is 1. The van der Waals surface area contributed by atoms with Crippen LogP contribution < -0.4 is 0 Å². The summed E-state index contributed by atoms with van der Waals surface area (Å²) in [6.45, 7) is -0.910. The van der Waals surface area contributed by atoms with Gasteiger partial charge in [0.15, 0.2) is 15.9 Å². The maximum Gasteiger partial charge on any atom is 0.333 e. The van der Waals surface area contributed by atoms with Crippen LogP contribution >= 0.6 is 0 Å². The maximum atomic E-state index is 10.7. The first-order valence-electron chi connectivity index (χ1n) is 3.01. The lowest BCUT2D eigenvalue weighted by atomic mass is 10.2. The third kappa shape index (κ3) is 2.76. The van der Waals surface area contributed by atoms with Crippen LogP contribution in [-0.4, -0.2) is 53.9 Å². The molecule has 7 heteroatoms. The number of hydrogen-bond acceptors (Lipinski definition) is 5. The zero-order valence-electron chi connectivity index (χ0n) is 6.34. The van der Waals surface area contributed by atoms with Gasteiger partial charge < -0.3 is 15.3 Å². The Balaban J connectivity index is 4.70. The fourth-order valence-electron chi connectivity index (χ4n) is 0.628. The highest BCUT2D eigenvalue weighted by Crippen LogP contribution is 2.04. The molecule has 0 heterocycles. The molecule has 0 aromatic rings. The predicted molar refractivity (Wildman–Crippen MR) is 39.4 cm³/mol. The van der Waals surface area contributed by atoms with Gasteiger partial charge in [-0.1, -0.05) is 0 Å². The first-order chi connectivity index (χ1) is 5.30. The van der Waals surface area contributed by atoms with Crippen LogP contribution in [0.2, 0.25) is 0 Å². The number of carboxylic acid groups (broad SMARTS) is 1. The van der Waals surface area contributed by atoms with Crippen molar-refractivity contribution in [2.24, 2.45) is 0 Å². The van der Waals surface area contributed by atoms with Gasteiger partial charge in [0, 0.05) is 6.26 Å². The lowest BCUT2D eigenvalue weighted by molar-refractivity contribution is -0.147. The van der Waals surface area contributed by atoms with E-state index in [0.29, 0.717) is 0 Å². The van der Waals surface area contributed by atoms with Crippen LogP contribution in [0.3, 0.4) is 0 Å². The van der Waals surface area contributed by atoms with Crippen molar-refractivity contribution >= 4 is 15.8 Å². The van der Waals surface area contributed by atoms with Crippen molar-refractivity contribution < 1.29 is 28.5 Å². The minimum absolute atomic E-state index is 0.750. The summed E-state index contributed by atoms with van der Waals surface area (Å²) >= 11 is 0. The van der Waals surface area contributed by atoms with Crippen molar-refractivity contribution in [2.75, 3.05) is 12.9 Å². The van der Waals surface area contributed by atoms with E-state index in [4.69, 9.17) is 15.3 Å². The lowest BCUT2D eigenvalue weighted by Gasteiger charge is -2.14. The van der Waals surface area contributed by atoms with Gasteiger partial charge in [0.2, 0.25) is 0 Å². The number of aliphatic carboxylic acids is 1. The molecule has 72 valence electrons. The Labute approximate surface area is 69.4 Å². The van der Waals surface area contributed by atoms with Gasteiger partial charge >= 0.3 is 5.97 Å². The summed E-state index contributed by atoms with van der Waals surface area (Å²) in [6.07, 6.45) is -1.33. The van der Waals surface area contributed by atoms with Crippen LogP contribution in [0.5, 0.6) is 0 Å². The molecule has 0 aliphatic carbocycles. The summed E-state index contributed by atoms with van der Waals surface area (Å²) in [5.74, 6) is -1.67. The van der Waals surface area contributed by atoms with E-state index in [0.717, 1.165) is 6.26 Å². The fourth-order valence-corrected chi connectivity index (χ4v) is 1.48. The molecule has 2 atom stereocenters. The summed E-state index contributed by atoms with van der Waals surface area (Å²) in [5.41, 5.74) is 0. The average molecular weight is 198 g/mol. The van der Waals surface area contributed by atoms with E-state index in [1.54, 1.807) is 0 Å². The van der Waals surface area contributed by atoms with Gasteiger partial charge in [0.1, 0.15) is 5.25 Å². The second kappa shape index (κ2) is 3.83. The van der Waals surface area contributed by atoms with Crippen LogP contribution in [0, 0.1) is 0 Å². The molecule has 1 unspecified atom stereocenters. The Morgan fingerprint density at radius 2 is 1.92 bits per heavy atom. The monoisotopic (exact) mass is 198 g/mol.